The maximum Gasteiger partial charge on any atom is 0.416 e. The van der Waals surface area contributed by atoms with Gasteiger partial charge in [-0.15, -0.1) is 0 Å². The summed E-state index contributed by atoms with van der Waals surface area (Å²) in [4.78, 5) is 11.9. The summed E-state index contributed by atoms with van der Waals surface area (Å²) in [6.45, 7) is 2.93. The van der Waals surface area contributed by atoms with Crippen LogP contribution in [0.3, 0.4) is 0 Å². The molecule has 9 heteroatoms. The van der Waals surface area contributed by atoms with Crippen LogP contribution in [0.15, 0.2) is 47.4 Å². The van der Waals surface area contributed by atoms with Crippen LogP contribution in [0.25, 0.3) is 0 Å². The van der Waals surface area contributed by atoms with Crippen LogP contribution in [0.5, 0.6) is 0 Å². The number of carbonyl (C=O) groups excluding carboxylic acids is 1. The predicted molar refractivity (Wildman–Crippen MR) is 91.2 cm³/mol. The van der Waals surface area contributed by atoms with Crippen LogP contribution in [-0.2, 0) is 21.0 Å². The zero-order valence-electron chi connectivity index (χ0n) is 14.0. The predicted octanol–water partition coefficient (Wildman–Crippen LogP) is 3.24. The number of rotatable bonds is 5. The van der Waals surface area contributed by atoms with Crippen molar-refractivity contribution in [2.45, 2.75) is 24.9 Å². The van der Waals surface area contributed by atoms with Gasteiger partial charge in [0, 0.05) is 5.69 Å². The van der Waals surface area contributed by atoms with Crippen molar-refractivity contribution >= 4 is 21.6 Å². The van der Waals surface area contributed by atoms with E-state index >= 15 is 0 Å². The van der Waals surface area contributed by atoms with Crippen LogP contribution in [0, 0.1) is 13.8 Å². The second-order valence-electron chi connectivity index (χ2n) is 5.72. The summed E-state index contributed by atoms with van der Waals surface area (Å²) < 4.78 is 64.2. The van der Waals surface area contributed by atoms with Gasteiger partial charge in [0.15, 0.2) is 0 Å². The molecule has 2 N–H and O–H groups in total. The minimum atomic E-state index is -4.47. The van der Waals surface area contributed by atoms with Crippen molar-refractivity contribution in [3.8, 4) is 0 Å². The van der Waals surface area contributed by atoms with Gasteiger partial charge >= 0.3 is 6.18 Å². The van der Waals surface area contributed by atoms with Crippen molar-refractivity contribution in [3.05, 3.63) is 59.2 Å². The highest BCUT2D eigenvalue weighted by molar-refractivity contribution is 7.89. The third-order valence-electron chi connectivity index (χ3n) is 3.54. The second-order valence-corrected chi connectivity index (χ2v) is 7.45. The van der Waals surface area contributed by atoms with Crippen LogP contribution in [0.4, 0.5) is 18.9 Å². The van der Waals surface area contributed by atoms with E-state index in [1.807, 2.05) is 6.92 Å². The topological polar surface area (TPSA) is 75.3 Å². The standard InChI is InChI=1S/C17H17F3N2O3S/c1-11-3-8-15(12(2)9-11)26(24,25)21-10-16(23)22-14-6-4-13(5-7-14)17(18,19)20/h3-9,21H,10H2,1-2H3,(H,22,23). The average molecular weight is 386 g/mol. The minimum Gasteiger partial charge on any atom is -0.325 e. The Labute approximate surface area is 149 Å². The lowest BCUT2D eigenvalue weighted by molar-refractivity contribution is -0.137. The van der Waals surface area contributed by atoms with Crippen molar-refractivity contribution in [2.75, 3.05) is 11.9 Å². The van der Waals surface area contributed by atoms with Crippen LogP contribution < -0.4 is 10.0 Å². The number of hydrogen-bond donors (Lipinski definition) is 2. The molecule has 0 heterocycles. The molecule has 0 radical (unpaired) electrons. The number of aryl methyl sites for hydroxylation is 2. The smallest absolute Gasteiger partial charge is 0.325 e. The molecule has 0 spiro atoms. The van der Waals surface area contributed by atoms with E-state index in [2.05, 4.69) is 10.0 Å². The lowest BCUT2D eigenvalue weighted by atomic mass is 10.2. The van der Waals surface area contributed by atoms with Gasteiger partial charge in [0.25, 0.3) is 0 Å². The monoisotopic (exact) mass is 386 g/mol. The molecular weight excluding hydrogens is 369 g/mol. The van der Waals surface area contributed by atoms with Gasteiger partial charge in [0.2, 0.25) is 15.9 Å². The van der Waals surface area contributed by atoms with Crippen molar-refractivity contribution < 1.29 is 26.4 Å². The number of anilines is 1. The fraction of sp³-hybridized carbons (Fsp3) is 0.235. The quantitative estimate of drug-likeness (QED) is 0.828. The van der Waals surface area contributed by atoms with E-state index in [1.54, 1.807) is 19.1 Å². The normalized spacial score (nSPS) is 12.0. The molecule has 1 amide bonds. The zero-order valence-corrected chi connectivity index (χ0v) is 14.8. The second kappa shape index (κ2) is 7.46. The summed E-state index contributed by atoms with van der Waals surface area (Å²) in [6.07, 6.45) is -4.47. The van der Waals surface area contributed by atoms with Gasteiger partial charge in [0.1, 0.15) is 0 Å². The molecule has 0 saturated carbocycles. The molecule has 0 bridgehead atoms. The maximum atomic E-state index is 12.5. The summed E-state index contributed by atoms with van der Waals surface area (Å²) in [6, 6.07) is 8.64. The van der Waals surface area contributed by atoms with Gasteiger partial charge in [0.05, 0.1) is 17.0 Å². The number of nitrogens with one attached hydrogen (secondary N) is 2. The van der Waals surface area contributed by atoms with Crippen LogP contribution >= 0.6 is 0 Å². The van der Waals surface area contributed by atoms with Gasteiger partial charge in [-0.05, 0) is 49.7 Å². The van der Waals surface area contributed by atoms with E-state index < -0.39 is 34.2 Å². The zero-order chi connectivity index (χ0) is 19.5. The van der Waals surface area contributed by atoms with Gasteiger partial charge in [-0.3, -0.25) is 4.79 Å². The molecule has 0 aliphatic rings. The first-order chi connectivity index (χ1) is 12.0. The van der Waals surface area contributed by atoms with E-state index in [-0.39, 0.29) is 10.6 Å². The summed E-state index contributed by atoms with van der Waals surface area (Å²) in [7, 11) is -3.88. The Morgan fingerprint density at radius 1 is 1.04 bits per heavy atom. The van der Waals surface area contributed by atoms with Gasteiger partial charge in [-0.1, -0.05) is 17.7 Å². The molecule has 26 heavy (non-hydrogen) atoms. The van der Waals surface area contributed by atoms with Crippen molar-refractivity contribution in [2.24, 2.45) is 0 Å². The van der Waals surface area contributed by atoms with Crippen LogP contribution in [-0.4, -0.2) is 20.9 Å². The van der Waals surface area contributed by atoms with Crippen molar-refractivity contribution in [1.82, 2.24) is 4.72 Å². The molecule has 0 atom stereocenters. The highest BCUT2D eigenvalue weighted by Gasteiger charge is 2.30. The fourth-order valence-corrected chi connectivity index (χ4v) is 3.49. The molecular formula is C17H17F3N2O3S. The molecule has 0 aliphatic carbocycles. The molecule has 5 nitrogen and oxygen atoms in total. The molecule has 0 aliphatic heterocycles. The molecule has 2 rings (SSSR count). The first-order valence-corrected chi connectivity index (χ1v) is 9.01. The Morgan fingerprint density at radius 3 is 2.19 bits per heavy atom. The minimum absolute atomic E-state index is 0.0606. The van der Waals surface area contributed by atoms with E-state index in [1.165, 1.54) is 6.07 Å². The number of amides is 1. The summed E-state index contributed by atoms with van der Waals surface area (Å²) in [5.74, 6) is -0.696. The fourth-order valence-electron chi connectivity index (χ4n) is 2.29. The van der Waals surface area contributed by atoms with Gasteiger partial charge in [-0.2, -0.15) is 13.2 Å². The maximum absolute atomic E-state index is 12.5. The summed E-state index contributed by atoms with van der Waals surface area (Å²) in [5.41, 5.74) is 0.738. The Morgan fingerprint density at radius 2 is 1.65 bits per heavy atom. The van der Waals surface area contributed by atoms with Crippen molar-refractivity contribution in [1.29, 1.82) is 0 Å². The molecule has 0 fully saturated rings. The van der Waals surface area contributed by atoms with Gasteiger partial charge in [-0.25, -0.2) is 13.1 Å². The third kappa shape index (κ3) is 5.06. The lowest BCUT2D eigenvalue weighted by Crippen LogP contribution is -2.33. The molecule has 0 aromatic heterocycles. The largest absolute Gasteiger partial charge is 0.416 e. The Balaban J connectivity index is 2.00. The SMILES string of the molecule is Cc1ccc(S(=O)(=O)NCC(=O)Nc2ccc(C(F)(F)F)cc2)c(C)c1. The van der Waals surface area contributed by atoms with Gasteiger partial charge < -0.3 is 5.32 Å². The van der Waals surface area contributed by atoms with Crippen LogP contribution in [0.1, 0.15) is 16.7 Å². The average Bonchev–Trinajstić information content (AvgIpc) is 2.52. The van der Waals surface area contributed by atoms with Crippen LogP contribution in [0.2, 0.25) is 0 Å². The first-order valence-electron chi connectivity index (χ1n) is 7.53. The summed E-state index contributed by atoms with van der Waals surface area (Å²) >= 11 is 0. The molecule has 2 aromatic carbocycles. The number of halogens is 3. The van der Waals surface area contributed by atoms with E-state index in [0.29, 0.717) is 5.56 Å². The lowest BCUT2D eigenvalue weighted by Gasteiger charge is -2.11. The Bertz CT molecular complexity index is 908. The van der Waals surface area contributed by atoms with E-state index in [0.717, 1.165) is 29.8 Å². The summed E-state index contributed by atoms with van der Waals surface area (Å²) in [5, 5.41) is 2.34. The Kier molecular flexibility index (Phi) is 5.72. The number of hydrogen-bond acceptors (Lipinski definition) is 3. The highest BCUT2D eigenvalue weighted by Crippen LogP contribution is 2.29. The number of alkyl halides is 3. The molecule has 140 valence electrons. The van der Waals surface area contributed by atoms with Crippen molar-refractivity contribution in [3.63, 3.8) is 0 Å². The number of benzene rings is 2. The molecule has 0 saturated heterocycles. The highest BCUT2D eigenvalue weighted by atomic mass is 32.2. The van der Waals surface area contributed by atoms with E-state index in [9.17, 15) is 26.4 Å². The molecule has 0 unspecified atom stereocenters. The number of sulfonamides is 1. The Hall–Kier alpha value is -2.39. The third-order valence-corrected chi connectivity index (χ3v) is 5.10. The first kappa shape index (κ1) is 19.9. The molecule has 2 aromatic rings. The number of carbonyl (C=O) groups is 1. The van der Waals surface area contributed by atoms with E-state index in [4.69, 9.17) is 0 Å².